The number of aromatic nitrogens is 3. The molecule has 3 aromatic heterocycles. The van der Waals surface area contributed by atoms with Gasteiger partial charge in [-0.2, -0.15) is 13.2 Å². The van der Waals surface area contributed by atoms with Gasteiger partial charge < -0.3 is 18.8 Å². The average molecular weight is 754 g/mol. The summed E-state index contributed by atoms with van der Waals surface area (Å²) in [6, 6.07) is 17.5. The van der Waals surface area contributed by atoms with Crippen molar-refractivity contribution in [3.05, 3.63) is 102 Å². The lowest BCUT2D eigenvalue weighted by atomic mass is 9.96. The number of benzene rings is 2. The Morgan fingerprint density at radius 1 is 0.926 bits per heavy atom. The molecule has 3 aliphatic heterocycles. The fourth-order valence-corrected chi connectivity index (χ4v) is 10.3. The fourth-order valence-electron chi connectivity index (χ4n) is 7.95. The lowest BCUT2D eigenvalue weighted by Gasteiger charge is -2.36. The summed E-state index contributed by atoms with van der Waals surface area (Å²) in [4.78, 5) is 48.4. The lowest BCUT2D eigenvalue weighted by molar-refractivity contribution is -0.137. The number of rotatable bonds is 6. The highest BCUT2D eigenvalue weighted by atomic mass is 28.3. The number of nitrogens with zero attached hydrogens (tertiary/aromatic N) is 5. The molecule has 0 spiro atoms. The van der Waals surface area contributed by atoms with Crippen LogP contribution in [0.1, 0.15) is 56.0 Å². The normalized spacial score (nSPS) is 17.3. The van der Waals surface area contributed by atoms with Crippen molar-refractivity contribution in [3.63, 3.8) is 0 Å². The Labute approximate surface area is 311 Å². The molecule has 1 radical (unpaired) electrons. The van der Waals surface area contributed by atoms with Crippen LogP contribution in [0, 0.1) is 5.92 Å². The predicted octanol–water partition coefficient (Wildman–Crippen LogP) is 6.24. The number of piperidine rings is 1. The molecule has 54 heavy (non-hydrogen) atoms. The molecule has 5 aromatic rings. The van der Waals surface area contributed by atoms with E-state index in [0.717, 1.165) is 25.0 Å². The number of hydrogen-bond acceptors (Lipinski definition) is 5. The summed E-state index contributed by atoms with van der Waals surface area (Å²) in [5, 5.41) is 3.76. The van der Waals surface area contributed by atoms with Crippen LogP contribution in [0.25, 0.3) is 27.7 Å². The maximum absolute atomic E-state index is 14.5. The monoisotopic (exact) mass is 753 g/mol. The van der Waals surface area contributed by atoms with Crippen LogP contribution in [0.3, 0.4) is 0 Å². The van der Waals surface area contributed by atoms with Crippen LogP contribution in [0.15, 0.2) is 79.3 Å². The highest BCUT2D eigenvalue weighted by Crippen LogP contribution is 2.41. The second kappa shape index (κ2) is 13.6. The van der Waals surface area contributed by atoms with Gasteiger partial charge in [-0.25, -0.2) is 9.78 Å². The number of alkyl halides is 3. The molecule has 6 heterocycles. The predicted molar refractivity (Wildman–Crippen MR) is 200 cm³/mol. The molecule has 8 rings (SSSR count). The average Bonchev–Trinajstić information content (AvgIpc) is 3.77. The van der Waals surface area contributed by atoms with Gasteiger partial charge in [-0.05, 0) is 58.8 Å². The van der Waals surface area contributed by atoms with Gasteiger partial charge >= 0.3 is 12.2 Å². The van der Waals surface area contributed by atoms with Crippen molar-refractivity contribution in [2.75, 3.05) is 26.2 Å². The SMILES string of the molecule is CC(C)(C)[Si](OCC1CCN(C(=O)N2CCn3cc(C4=C(c5cnc6ccccn56)C(=O)NC4=O)c4cc(C(F)(F)F)cc(c43)C2)CC1)c1ccccc1. The maximum atomic E-state index is 14.5. The summed E-state index contributed by atoms with van der Waals surface area (Å²) in [5.41, 5.74) is 1.06. The van der Waals surface area contributed by atoms with Gasteiger partial charge in [0.15, 0.2) is 0 Å². The lowest BCUT2D eigenvalue weighted by Crippen LogP contribution is -2.48. The molecule has 279 valence electrons. The Morgan fingerprint density at radius 3 is 2.37 bits per heavy atom. The van der Waals surface area contributed by atoms with E-state index in [1.165, 1.54) is 11.4 Å². The molecule has 0 atom stereocenters. The van der Waals surface area contributed by atoms with Crippen molar-refractivity contribution in [2.45, 2.75) is 57.9 Å². The molecule has 0 aliphatic carbocycles. The first-order chi connectivity index (χ1) is 25.8. The number of nitrogens with one attached hydrogen (secondary N) is 1. The van der Waals surface area contributed by atoms with E-state index >= 15 is 0 Å². The minimum atomic E-state index is -4.70. The Kier molecular flexibility index (Phi) is 9.00. The Hall–Kier alpha value is -5.21. The number of carbonyl (C=O) groups excluding carboxylic acids is 3. The zero-order chi connectivity index (χ0) is 37.9. The van der Waals surface area contributed by atoms with E-state index < -0.39 is 32.6 Å². The summed E-state index contributed by atoms with van der Waals surface area (Å²) in [5.74, 6) is -1.05. The first-order valence-corrected chi connectivity index (χ1v) is 19.5. The molecule has 1 saturated heterocycles. The maximum Gasteiger partial charge on any atom is 0.416 e. The number of pyridine rings is 1. The molecule has 1 fully saturated rings. The molecular formula is C40H40F3N6O4Si. The van der Waals surface area contributed by atoms with E-state index in [0.29, 0.717) is 48.0 Å². The number of hydrogen-bond donors (Lipinski definition) is 1. The number of fused-ring (bicyclic) bond motifs is 1. The Bertz CT molecular complexity index is 2320. The number of imide groups is 1. The summed E-state index contributed by atoms with van der Waals surface area (Å²) in [6.07, 6.45) is 1.66. The second-order valence-corrected chi connectivity index (χ2v) is 18.3. The van der Waals surface area contributed by atoms with E-state index in [1.54, 1.807) is 49.4 Å². The third-order valence-corrected chi connectivity index (χ3v) is 13.2. The van der Waals surface area contributed by atoms with Gasteiger partial charge in [0.1, 0.15) is 5.65 Å². The number of halogens is 3. The quantitative estimate of drug-likeness (QED) is 0.164. The van der Waals surface area contributed by atoms with Gasteiger partial charge in [-0.3, -0.25) is 19.3 Å². The molecule has 0 bridgehead atoms. The summed E-state index contributed by atoms with van der Waals surface area (Å²) < 4.78 is 53.5. The second-order valence-electron chi connectivity index (χ2n) is 15.3. The minimum Gasteiger partial charge on any atom is -0.411 e. The van der Waals surface area contributed by atoms with Crippen molar-refractivity contribution < 1.29 is 32.0 Å². The standard InChI is InChI=1S/C40H40F3N6O4Si/c1-39(2,3)54(28-9-5-4-6-10-28)53-24-25-12-15-46(16-13-25)38(52)48-18-17-47-23-30(29-20-27(40(41,42)43)19-26(22-48)35(29)47)33-34(37(51)45-36(33)50)31-21-44-32-11-7-8-14-49(31)32/h4-11,14,19-21,23,25H,12-13,15-18,22,24H2,1-3H3,(H,45,50,51). The van der Waals surface area contributed by atoms with Crippen LogP contribution in [0.2, 0.25) is 5.04 Å². The van der Waals surface area contributed by atoms with Gasteiger partial charge in [0, 0.05) is 62.7 Å². The van der Waals surface area contributed by atoms with Crippen molar-refractivity contribution in [3.8, 4) is 0 Å². The van der Waals surface area contributed by atoms with E-state index in [1.807, 2.05) is 18.2 Å². The van der Waals surface area contributed by atoms with Crippen molar-refractivity contribution in [1.82, 2.24) is 29.1 Å². The van der Waals surface area contributed by atoms with Crippen LogP contribution < -0.4 is 10.5 Å². The topological polar surface area (TPSA) is 101 Å². The van der Waals surface area contributed by atoms with E-state index in [4.69, 9.17) is 4.43 Å². The van der Waals surface area contributed by atoms with Crippen molar-refractivity contribution >= 4 is 59.8 Å². The third kappa shape index (κ3) is 6.51. The number of likely N-dealkylation sites (tertiary alicyclic amines) is 1. The highest BCUT2D eigenvalue weighted by molar-refractivity contribution is 6.70. The van der Waals surface area contributed by atoms with Gasteiger partial charge in [-0.15, -0.1) is 0 Å². The zero-order valence-electron chi connectivity index (χ0n) is 30.2. The van der Waals surface area contributed by atoms with Crippen LogP contribution >= 0.6 is 0 Å². The molecular weight excluding hydrogens is 714 g/mol. The summed E-state index contributed by atoms with van der Waals surface area (Å²) >= 11 is 0. The van der Waals surface area contributed by atoms with E-state index in [9.17, 15) is 27.6 Å². The first-order valence-electron chi connectivity index (χ1n) is 18.1. The number of imidazole rings is 1. The zero-order valence-corrected chi connectivity index (χ0v) is 31.2. The molecule has 2 aromatic carbocycles. The minimum absolute atomic E-state index is 0.000757. The number of urea groups is 1. The van der Waals surface area contributed by atoms with Gasteiger partial charge in [0.25, 0.3) is 20.9 Å². The fraction of sp³-hybridized carbons (Fsp3) is 0.350. The van der Waals surface area contributed by atoms with Crippen LogP contribution in [-0.4, -0.2) is 76.9 Å². The Morgan fingerprint density at radius 2 is 1.65 bits per heavy atom. The molecule has 3 aliphatic rings. The molecule has 4 amide bonds. The Balaban J connectivity index is 1.06. The van der Waals surface area contributed by atoms with E-state index in [2.05, 4.69) is 43.2 Å². The molecule has 0 unspecified atom stereocenters. The van der Waals surface area contributed by atoms with Crippen molar-refractivity contribution in [2.24, 2.45) is 5.92 Å². The first kappa shape index (κ1) is 35.8. The largest absolute Gasteiger partial charge is 0.416 e. The summed E-state index contributed by atoms with van der Waals surface area (Å²) in [7, 11) is -1.29. The summed E-state index contributed by atoms with van der Waals surface area (Å²) in [6.45, 7) is 8.79. The number of carbonyl (C=O) groups is 3. The molecule has 0 saturated carbocycles. The smallest absolute Gasteiger partial charge is 0.411 e. The number of amides is 4. The molecule has 10 nitrogen and oxygen atoms in total. The van der Waals surface area contributed by atoms with Gasteiger partial charge in [-0.1, -0.05) is 57.2 Å². The van der Waals surface area contributed by atoms with Crippen LogP contribution in [0.4, 0.5) is 18.0 Å². The van der Waals surface area contributed by atoms with Gasteiger partial charge in [0.05, 0.1) is 34.1 Å². The van der Waals surface area contributed by atoms with Crippen LogP contribution in [-0.2, 0) is 33.3 Å². The molecule has 14 heteroatoms. The van der Waals surface area contributed by atoms with Crippen molar-refractivity contribution in [1.29, 1.82) is 0 Å². The van der Waals surface area contributed by atoms with Crippen LogP contribution in [0.5, 0.6) is 0 Å². The molecule has 1 N–H and O–H groups in total. The van der Waals surface area contributed by atoms with E-state index in [-0.39, 0.29) is 52.8 Å². The third-order valence-electron chi connectivity index (χ3n) is 10.6. The highest BCUT2D eigenvalue weighted by Gasteiger charge is 2.39. The van der Waals surface area contributed by atoms with Gasteiger partial charge in [0.2, 0.25) is 0 Å².